The van der Waals surface area contributed by atoms with Crippen molar-refractivity contribution in [3.63, 3.8) is 0 Å². The maximum atomic E-state index is 12.3. The SMILES string of the molecule is CCOc1ccc(CC(=O)NS(=O)(=O)c2ccc(OC)c(Br)c2)cc1. The van der Waals surface area contributed by atoms with Crippen molar-refractivity contribution in [3.05, 3.63) is 52.5 Å². The zero-order chi connectivity index (χ0) is 18.4. The molecule has 0 unspecified atom stereocenters. The fourth-order valence-electron chi connectivity index (χ4n) is 2.11. The van der Waals surface area contributed by atoms with Gasteiger partial charge in [0.05, 0.1) is 29.5 Å². The minimum absolute atomic E-state index is 0.0276. The third-order valence-corrected chi connectivity index (χ3v) is 5.27. The van der Waals surface area contributed by atoms with Gasteiger partial charge in [0.2, 0.25) is 5.91 Å². The molecule has 2 aromatic rings. The van der Waals surface area contributed by atoms with Gasteiger partial charge in [0.1, 0.15) is 11.5 Å². The molecule has 0 aliphatic heterocycles. The first-order chi connectivity index (χ1) is 11.9. The second-order valence-corrected chi connectivity index (χ2v) is 7.62. The number of amides is 1. The zero-order valence-electron chi connectivity index (χ0n) is 13.8. The first-order valence-corrected chi connectivity index (χ1v) is 9.74. The van der Waals surface area contributed by atoms with Crippen LogP contribution < -0.4 is 14.2 Å². The van der Waals surface area contributed by atoms with Crippen molar-refractivity contribution in [2.24, 2.45) is 0 Å². The Balaban J connectivity index is 2.06. The summed E-state index contributed by atoms with van der Waals surface area (Å²) in [6.07, 6.45) is -0.0526. The monoisotopic (exact) mass is 427 g/mol. The van der Waals surface area contributed by atoms with E-state index in [-0.39, 0.29) is 11.3 Å². The Kier molecular flexibility index (Phi) is 6.44. The molecule has 134 valence electrons. The predicted molar refractivity (Wildman–Crippen MR) is 97.3 cm³/mol. The quantitative estimate of drug-likeness (QED) is 0.734. The highest BCUT2D eigenvalue weighted by Crippen LogP contribution is 2.27. The number of halogens is 1. The molecule has 0 heterocycles. The molecule has 0 aromatic heterocycles. The van der Waals surface area contributed by atoms with E-state index in [9.17, 15) is 13.2 Å². The highest BCUT2D eigenvalue weighted by atomic mass is 79.9. The third kappa shape index (κ3) is 5.20. The van der Waals surface area contributed by atoms with Crippen LogP contribution in [0.25, 0.3) is 0 Å². The molecule has 25 heavy (non-hydrogen) atoms. The van der Waals surface area contributed by atoms with E-state index >= 15 is 0 Å². The van der Waals surface area contributed by atoms with Crippen LogP contribution in [0.5, 0.6) is 11.5 Å². The summed E-state index contributed by atoms with van der Waals surface area (Å²) < 4.78 is 37.6. The number of sulfonamides is 1. The molecule has 6 nitrogen and oxygen atoms in total. The van der Waals surface area contributed by atoms with Gasteiger partial charge in [-0.3, -0.25) is 4.79 Å². The summed E-state index contributed by atoms with van der Waals surface area (Å²) in [7, 11) is -2.47. The van der Waals surface area contributed by atoms with E-state index < -0.39 is 15.9 Å². The molecule has 0 bridgehead atoms. The second-order valence-electron chi connectivity index (χ2n) is 5.08. The summed E-state index contributed by atoms with van der Waals surface area (Å²) in [6.45, 7) is 2.43. The number of carbonyl (C=O) groups is 1. The maximum Gasteiger partial charge on any atom is 0.264 e. The molecule has 0 radical (unpaired) electrons. The van der Waals surface area contributed by atoms with Crippen molar-refractivity contribution in [2.45, 2.75) is 18.2 Å². The number of ether oxygens (including phenoxy) is 2. The number of nitrogens with one attached hydrogen (secondary N) is 1. The molecule has 1 amide bonds. The smallest absolute Gasteiger partial charge is 0.264 e. The van der Waals surface area contributed by atoms with Crippen LogP contribution in [-0.2, 0) is 21.2 Å². The Morgan fingerprint density at radius 3 is 2.40 bits per heavy atom. The van der Waals surface area contributed by atoms with E-state index in [0.29, 0.717) is 28.1 Å². The minimum Gasteiger partial charge on any atom is -0.496 e. The molecule has 0 saturated heterocycles. The summed E-state index contributed by atoms with van der Waals surface area (Å²) in [5.74, 6) is 0.582. The molecule has 8 heteroatoms. The molecule has 0 fully saturated rings. The number of carbonyl (C=O) groups excluding carboxylic acids is 1. The van der Waals surface area contributed by atoms with Crippen molar-refractivity contribution < 1.29 is 22.7 Å². The summed E-state index contributed by atoms with van der Waals surface area (Å²) >= 11 is 3.23. The van der Waals surface area contributed by atoms with Crippen molar-refractivity contribution >= 4 is 31.9 Å². The molecule has 0 saturated carbocycles. The lowest BCUT2D eigenvalue weighted by Gasteiger charge is -2.09. The topological polar surface area (TPSA) is 81.7 Å². The van der Waals surface area contributed by atoms with Gasteiger partial charge in [-0.15, -0.1) is 0 Å². The van der Waals surface area contributed by atoms with Gasteiger partial charge in [-0.2, -0.15) is 0 Å². The molecule has 0 aliphatic rings. The van der Waals surface area contributed by atoms with Crippen LogP contribution in [0.1, 0.15) is 12.5 Å². The van der Waals surface area contributed by atoms with Crippen LogP contribution in [0.2, 0.25) is 0 Å². The molecular formula is C17H18BrNO5S. The van der Waals surface area contributed by atoms with Crippen molar-refractivity contribution in [1.82, 2.24) is 4.72 Å². The normalized spacial score (nSPS) is 11.0. The van der Waals surface area contributed by atoms with E-state index in [0.717, 1.165) is 0 Å². The average Bonchev–Trinajstić information content (AvgIpc) is 2.56. The Morgan fingerprint density at radius 1 is 1.16 bits per heavy atom. The molecule has 2 aromatic carbocycles. The molecule has 0 spiro atoms. The summed E-state index contributed by atoms with van der Waals surface area (Å²) in [5, 5.41) is 0. The van der Waals surface area contributed by atoms with Gasteiger partial charge in [-0.05, 0) is 58.7 Å². The van der Waals surface area contributed by atoms with E-state index in [2.05, 4.69) is 20.7 Å². The van der Waals surface area contributed by atoms with Gasteiger partial charge in [0.15, 0.2) is 0 Å². The number of rotatable bonds is 7. The van der Waals surface area contributed by atoms with Gasteiger partial charge < -0.3 is 9.47 Å². The Morgan fingerprint density at radius 2 is 1.84 bits per heavy atom. The van der Waals surface area contributed by atoms with Gasteiger partial charge in [-0.25, -0.2) is 13.1 Å². The van der Waals surface area contributed by atoms with Crippen LogP contribution >= 0.6 is 15.9 Å². The Labute approximate surface area is 155 Å². The van der Waals surface area contributed by atoms with Crippen molar-refractivity contribution in [2.75, 3.05) is 13.7 Å². The highest BCUT2D eigenvalue weighted by molar-refractivity contribution is 9.10. The van der Waals surface area contributed by atoms with E-state index in [4.69, 9.17) is 9.47 Å². The summed E-state index contributed by atoms with van der Waals surface area (Å²) in [5.41, 5.74) is 0.687. The van der Waals surface area contributed by atoms with Gasteiger partial charge in [0.25, 0.3) is 10.0 Å². The molecule has 2 rings (SSSR count). The Bertz CT molecular complexity index is 850. The summed E-state index contributed by atoms with van der Waals surface area (Å²) in [4.78, 5) is 12.0. The molecule has 0 atom stereocenters. The standard InChI is InChI=1S/C17H18BrNO5S/c1-3-24-13-6-4-12(5-7-13)10-17(20)19-25(21,22)14-8-9-16(23-2)15(18)11-14/h4-9,11H,3,10H2,1-2H3,(H,19,20). The van der Waals surface area contributed by atoms with Crippen LogP contribution in [0.4, 0.5) is 0 Å². The Hall–Kier alpha value is -2.06. The lowest BCUT2D eigenvalue weighted by atomic mass is 10.1. The van der Waals surface area contributed by atoms with Crippen LogP contribution in [-0.4, -0.2) is 28.0 Å². The van der Waals surface area contributed by atoms with Gasteiger partial charge in [-0.1, -0.05) is 12.1 Å². The number of benzene rings is 2. The lowest BCUT2D eigenvalue weighted by Crippen LogP contribution is -2.31. The molecular weight excluding hydrogens is 410 g/mol. The largest absolute Gasteiger partial charge is 0.496 e. The van der Waals surface area contributed by atoms with Crippen LogP contribution in [0.15, 0.2) is 51.8 Å². The zero-order valence-corrected chi connectivity index (χ0v) is 16.2. The summed E-state index contributed by atoms with van der Waals surface area (Å²) in [6, 6.07) is 11.2. The highest BCUT2D eigenvalue weighted by Gasteiger charge is 2.19. The van der Waals surface area contributed by atoms with Gasteiger partial charge in [0, 0.05) is 0 Å². The molecule has 0 aliphatic carbocycles. The third-order valence-electron chi connectivity index (χ3n) is 3.28. The van der Waals surface area contributed by atoms with Crippen molar-refractivity contribution in [1.29, 1.82) is 0 Å². The molecule has 1 N–H and O–H groups in total. The number of methoxy groups -OCH3 is 1. The van der Waals surface area contributed by atoms with E-state index in [1.807, 2.05) is 6.92 Å². The maximum absolute atomic E-state index is 12.3. The first kappa shape index (κ1) is 19.3. The van der Waals surface area contributed by atoms with Crippen molar-refractivity contribution in [3.8, 4) is 11.5 Å². The minimum atomic E-state index is -3.95. The number of hydrogen-bond acceptors (Lipinski definition) is 5. The lowest BCUT2D eigenvalue weighted by molar-refractivity contribution is -0.118. The average molecular weight is 428 g/mol. The van der Waals surface area contributed by atoms with E-state index in [1.165, 1.54) is 25.3 Å². The van der Waals surface area contributed by atoms with Crippen LogP contribution in [0.3, 0.4) is 0 Å². The predicted octanol–water partition coefficient (Wildman–Crippen LogP) is 2.90. The fraction of sp³-hybridized carbons (Fsp3) is 0.235. The number of hydrogen-bond donors (Lipinski definition) is 1. The first-order valence-electron chi connectivity index (χ1n) is 7.46. The van der Waals surface area contributed by atoms with Gasteiger partial charge >= 0.3 is 0 Å². The second kappa shape index (κ2) is 8.35. The van der Waals surface area contributed by atoms with E-state index in [1.54, 1.807) is 24.3 Å². The fourth-order valence-corrected chi connectivity index (χ4v) is 3.82. The van der Waals surface area contributed by atoms with Crippen LogP contribution in [0, 0.1) is 0 Å².